The second-order valence-corrected chi connectivity index (χ2v) is 5.86. The van der Waals surface area contributed by atoms with Gasteiger partial charge in [-0.2, -0.15) is 0 Å². The molecule has 0 aromatic carbocycles. The highest BCUT2D eigenvalue weighted by Gasteiger charge is 2.35. The van der Waals surface area contributed by atoms with Gasteiger partial charge in [0.05, 0.1) is 12.2 Å². The molecular formula is C13H24N2O. The first kappa shape index (κ1) is 11.0. The van der Waals surface area contributed by atoms with Crippen LogP contribution < -0.4 is 5.32 Å². The van der Waals surface area contributed by atoms with E-state index >= 15 is 0 Å². The molecular weight excluding hydrogens is 200 g/mol. The maximum Gasteiger partial charge on any atom is 0.0707 e. The lowest BCUT2D eigenvalue weighted by atomic mass is 9.92. The second kappa shape index (κ2) is 4.63. The number of fused-ring (bicyclic) bond motifs is 2. The van der Waals surface area contributed by atoms with Gasteiger partial charge in [0.2, 0.25) is 0 Å². The van der Waals surface area contributed by atoms with Crippen LogP contribution in [0.1, 0.15) is 32.6 Å². The maximum absolute atomic E-state index is 5.88. The van der Waals surface area contributed by atoms with Crippen molar-refractivity contribution in [3.05, 3.63) is 0 Å². The van der Waals surface area contributed by atoms with Gasteiger partial charge in [-0.1, -0.05) is 6.92 Å². The molecule has 3 saturated heterocycles. The van der Waals surface area contributed by atoms with Gasteiger partial charge in [-0.3, -0.25) is 4.90 Å². The average Bonchev–Trinajstić information content (AvgIpc) is 2.62. The van der Waals surface area contributed by atoms with E-state index in [-0.39, 0.29) is 0 Å². The number of likely N-dealkylation sites (tertiary alicyclic amines) is 1. The summed E-state index contributed by atoms with van der Waals surface area (Å²) in [4.78, 5) is 2.63. The van der Waals surface area contributed by atoms with Gasteiger partial charge in [0.15, 0.2) is 0 Å². The standard InChI is InChI=1S/C13H24N2O/c1-10-3-2-6-14-13(10)9-15-7-11-4-5-12(8-15)16-11/h10-14H,2-9H2,1H3. The number of hydrogen-bond donors (Lipinski definition) is 1. The van der Waals surface area contributed by atoms with Crippen LogP contribution in [-0.4, -0.2) is 49.3 Å². The topological polar surface area (TPSA) is 24.5 Å². The average molecular weight is 224 g/mol. The van der Waals surface area contributed by atoms with Crippen LogP contribution in [0.4, 0.5) is 0 Å². The smallest absolute Gasteiger partial charge is 0.0707 e. The Labute approximate surface area is 98.5 Å². The molecule has 0 saturated carbocycles. The number of nitrogens with one attached hydrogen (secondary N) is 1. The molecule has 0 aliphatic carbocycles. The summed E-state index contributed by atoms with van der Waals surface area (Å²) >= 11 is 0. The Hall–Kier alpha value is -0.120. The largest absolute Gasteiger partial charge is 0.372 e. The summed E-state index contributed by atoms with van der Waals surface area (Å²) < 4.78 is 5.88. The molecule has 4 atom stereocenters. The molecule has 0 amide bonds. The van der Waals surface area contributed by atoms with E-state index in [1.807, 2.05) is 0 Å². The Balaban J connectivity index is 1.54. The SMILES string of the molecule is CC1CCCNC1CN1CC2CCC(C1)O2. The first-order chi connectivity index (χ1) is 7.81. The van der Waals surface area contributed by atoms with Gasteiger partial charge in [-0.15, -0.1) is 0 Å². The highest BCUT2D eigenvalue weighted by Crippen LogP contribution is 2.27. The first-order valence-electron chi connectivity index (χ1n) is 6.92. The quantitative estimate of drug-likeness (QED) is 0.764. The van der Waals surface area contributed by atoms with Gasteiger partial charge in [-0.25, -0.2) is 0 Å². The molecule has 3 heteroatoms. The van der Waals surface area contributed by atoms with Crippen molar-refractivity contribution in [3.8, 4) is 0 Å². The number of nitrogens with zero attached hydrogens (tertiary/aromatic N) is 1. The van der Waals surface area contributed by atoms with Crippen LogP contribution in [0.3, 0.4) is 0 Å². The fourth-order valence-corrected chi connectivity index (χ4v) is 3.48. The summed E-state index contributed by atoms with van der Waals surface area (Å²) in [6.07, 6.45) is 6.40. The highest BCUT2D eigenvalue weighted by atomic mass is 16.5. The van der Waals surface area contributed by atoms with Crippen molar-refractivity contribution in [1.29, 1.82) is 0 Å². The normalized spacial score (nSPS) is 44.8. The van der Waals surface area contributed by atoms with Gasteiger partial charge >= 0.3 is 0 Å². The van der Waals surface area contributed by atoms with E-state index in [0.29, 0.717) is 18.2 Å². The van der Waals surface area contributed by atoms with E-state index in [1.165, 1.54) is 51.9 Å². The second-order valence-electron chi connectivity index (χ2n) is 5.86. The van der Waals surface area contributed by atoms with Crippen molar-refractivity contribution >= 4 is 0 Å². The minimum atomic E-state index is 0.539. The molecule has 3 aliphatic rings. The Morgan fingerprint density at radius 1 is 1.19 bits per heavy atom. The molecule has 3 heterocycles. The predicted molar refractivity (Wildman–Crippen MR) is 64.5 cm³/mol. The Morgan fingerprint density at radius 2 is 1.94 bits per heavy atom. The van der Waals surface area contributed by atoms with Gasteiger partial charge < -0.3 is 10.1 Å². The zero-order chi connectivity index (χ0) is 11.0. The number of ether oxygens (including phenoxy) is 1. The van der Waals surface area contributed by atoms with Gasteiger partial charge in [0, 0.05) is 25.7 Å². The van der Waals surface area contributed by atoms with E-state index in [1.54, 1.807) is 0 Å². The third-order valence-corrected chi connectivity index (χ3v) is 4.50. The van der Waals surface area contributed by atoms with Gasteiger partial charge in [0.25, 0.3) is 0 Å². The van der Waals surface area contributed by atoms with E-state index in [9.17, 15) is 0 Å². The molecule has 0 aromatic rings. The van der Waals surface area contributed by atoms with Crippen molar-refractivity contribution in [3.63, 3.8) is 0 Å². The highest BCUT2D eigenvalue weighted by molar-refractivity contribution is 4.88. The number of morpholine rings is 1. The molecule has 1 N–H and O–H groups in total. The first-order valence-corrected chi connectivity index (χ1v) is 6.92. The summed E-state index contributed by atoms with van der Waals surface area (Å²) in [6, 6.07) is 0.714. The lowest BCUT2D eigenvalue weighted by Crippen LogP contribution is -2.52. The van der Waals surface area contributed by atoms with Crippen LogP contribution in [0.5, 0.6) is 0 Å². The lowest BCUT2D eigenvalue weighted by Gasteiger charge is -2.38. The third-order valence-electron chi connectivity index (χ3n) is 4.50. The van der Waals surface area contributed by atoms with Gasteiger partial charge in [0.1, 0.15) is 0 Å². The predicted octanol–water partition coefficient (Wildman–Crippen LogP) is 1.24. The summed E-state index contributed by atoms with van der Waals surface area (Å²) in [5, 5.41) is 3.68. The van der Waals surface area contributed by atoms with E-state index in [0.717, 1.165) is 5.92 Å². The van der Waals surface area contributed by atoms with E-state index in [2.05, 4.69) is 17.1 Å². The van der Waals surface area contributed by atoms with E-state index < -0.39 is 0 Å². The molecule has 3 rings (SSSR count). The monoisotopic (exact) mass is 224 g/mol. The Bertz CT molecular complexity index is 234. The molecule has 0 aromatic heterocycles. The lowest BCUT2D eigenvalue weighted by molar-refractivity contribution is -0.0429. The van der Waals surface area contributed by atoms with Gasteiger partial charge in [-0.05, 0) is 38.1 Å². The molecule has 0 spiro atoms. The molecule has 3 aliphatic heterocycles. The number of rotatable bonds is 2. The third kappa shape index (κ3) is 2.27. The van der Waals surface area contributed by atoms with Crippen LogP contribution >= 0.6 is 0 Å². The summed E-state index contributed by atoms with van der Waals surface area (Å²) in [5.74, 6) is 0.842. The van der Waals surface area contributed by atoms with Crippen LogP contribution in [0.15, 0.2) is 0 Å². The molecule has 2 bridgehead atoms. The van der Waals surface area contributed by atoms with Crippen molar-refractivity contribution in [2.24, 2.45) is 5.92 Å². The van der Waals surface area contributed by atoms with Crippen LogP contribution in [0.2, 0.25) is 0 Å². The molecule has 3 nitrogen and oxygen atoms in total. The summed E-state index contributed by atoms with van der Waals surface area (Å²) in [6.45, 7) is 7.18. The molecule has 0 radical (unpaired) electrons. The maximum atomic E-state index is 5.88. The minimum Gasteiger partial charge on any atom is -0.372 e. The van der Waals surface area contributed by atoms with Crippen LogP contribution in [0, 0.1) is 5.92 Å². The molecule has 3 fully saturated rings. The summed E-state index contributed by atoms with van der Waals surface area (Å²) in [5.41, 5.74) is 0. The van der Waals surface area contributed by atoms with Crippen LogP contribution in [-0.2, 0) is 4.74 Å². The van der Waals surface area contributed by atoms with Crippen molar-refractivity contribution in [1.82, 2.24) is 10.2 Å². The Kier molecular flexibility index (Phi) is 3.18. The van der Waals surface area contributed by atoms with Crippen molar-refractivity contribution in [2.45, 2.75) is 50.9 Å². The van der Waals surface area contributed by atoms with Crippen LogP contribution in [0.25, 0.3) is 0 Å². The zero-order valence-corrected chi connectivity index (χ0v) is 10.3. The zero-order valence-electron chi connectivity index (χ0n) is 10.3. The molecule has 92 valence electrons. The summed E-state index contributed by atoms with van der Waals surface area (Å²) in [7, 11) is 0. The fraction of sp³-hybridized carbons (Fsp3) is 1.00. The molecule has 16 heavy (non-hydrogen) atoms. The number of piperidine rings is 1. The minimum absolute atomic E-state index is 0.539. The number of hydrogen-bond acceptors (Lipinski definition) is 3. The van der Waals surface area contributed by atoms with Crippen molar-refractivity contribution < 1.29 is 4.74 Å². The van der Waals surface area contributed by atoms with Crippen molar-refractivity contribution in [2.75, 3.05) is 26.2 Å². The van der Waals surface area contributed by atoms with E-state index in [4.69, 9.17) is 4.74 Å². The Morgan fingerprint density at radius 3 is 2.62 bits per heavy atom. The fourth-order valence-electron chi connectivity index (χ4n) is 3.48. The molecule has 4 unspecified atom stereocenters.